The molecule has 124 valence electrons. The first-order valence-corrected chi connectivity index (χ1v) is 7.93. The number of hydrogen-bond donors (Lipinski definition) is 1. The Balaban J connectivity index is 2.15. The van der Waals surface area contributed by atoms with Crippen molar-refractivity contribution >= 4 is 11.6 Å². The van der Waals surface area contributed by atoms with Crippen molar-refractivity contribution in [1.82, 2.24) is 4.90 Å². The third kappa shape index (κ3) is 4.09. The largest absolute Gasteiger partial charge is 0.434 e. The van der Waals surface area contributed by atoms with Gasteiger partial charge in [-0.3, -0.25) is 4.90 Å². The molecule has 1 fully saturated rings. The second kappa shape index (κ2) is 7.11. The van der Waals surface area contributed by atoms with E-state index in [1.54, 1.807) is 12.1 Å². The molecule has 0 saturated carbocycles. The zero-order valence-electron chi connectivity index (χ0n) is 12.9. The molecule has 0 aliphatic carbocycles. The quantitative estimate of drug-likeness (QED) is 0.874. The maximum Gasteiger partial charge on any atom is 0.387 e. The Morgan fingerprint density at radius 1 is 1.36 bits per heavy atom. The summed E-state index contributed by atoms with van der Waals surface area (Å²) >= 11 is 6.00. The first kappa shape index (κ1) is 17.4. The average Bonchev–Trinajstić information content (AvgIpc) is 2.49. The van der Waals surface area contributed by atoms with E-state index in [0.717, 1.165) is 6.42 Å². The van der Waals surface area contributed by atoms with Crippen LogP contribution in [-0.4, -0.2) is 35.3 Å². The van der Waals surface area contributed by atoms with E-state index in [1.165, 1.54) is 6.07 Å². The van der Waals surface area contributed by atoms with Gasteiger partial charge in [-0.05, 0) is 44.4 Å². The predicted octanol–water partition coefficient (Wildman–Crippen LogP) is 4.24. The van der Waals surface area contributed by atoms with Crippen LogP contribution in [0.3, 0.4) is 0 Å². The zero-order valence-corrected chi connectivity index (χ0v) is 13.6. The van der Waals surface area contributed by atoms with E-state index in [9.17, 15) is 13.9 Å². The molecule has 22 heavy (non-hydrogen) atoms. The molecule has 0 bridgehead atoms. The van der Waals surface area contributed by atoms with Crippen molar-refractivity contribution in [2.75, 3.05) is 13.1 Å². The number of rotatable bonds is 5. The summed E-state index contributed by atoms with van der Waals surface area (Å²) in [6.07, 6.45) is 2.09. The van der Waals surface area contributed by atoms with Gasteiger partial charge in [0.1, 0.15) is 5.75 Å². The van der Waals surface area contributed by atoms with Gasteiger partial charge in [0, 0.05) is 29.7 Å². The summed E-state index contributed by atoms with van der Waals surface area (Å²) in [6, 6.07) is 4.59. The molecule has 2 rings (SSSR count). The number of hydrogen-bond acceptors (Lipinski definition) is 3. The van der Waals surface area contributed by atoms with Crippen LogP contribution in [0.25, 0.3) is 0 Å². The van der Waals surface area contributed by atoms with E-state index in [2.05, 4.69) is 9.64 Å². The molecule has 1 aromatic rings. The average molecular weight is 334 g/mol. The third-order valence-corrected chi connectivity index (χ3v) is 4.81. The van der Waals surface area contributed by atoms with Crippen LogP contribution in [0.15, 0.2) is 18.2 Å². The van der Waals surface area contributed by atoms with Crippen molar-refractivity contribution in [2.24, 2.45) is 0 Å². The van der Waals surface area contributed by atoms with Gasteiger partial charge in [-0.25, -0.2) is 0 Å². The monoisotopic (exact) mass is 333 g/mol. The van der Waals surface area contributed by atoms with Crippen LogP contribution in [0.4, 0.5) is 8.78 Å². The smallest absolute Gasteiger partial charge is 0.387 e. The van der Waals surface area contributed by atoms with Gasteiger partial charge in [0.05, 0.1) is 5.60 Å². The Bertz CT molecular complexity index is 505. The summed E-state index contributed by atoms with van der Waals surface area (Å²) in [6.45, 7) is 2.49. The standard InChI is InChI=1S/C16H22ClF2NO2/c1-3-16(21)6-8-20(9-7-16)11(2)13-10-12(17)4-5-14(13)22-15(18)19/h4-5,10-11,15,21H,3,6-9H2,1-2H3. The third-order valence-electron chi connectivity index (χ3n) is 4.57. The fraction of sp³-hybridized carbons (Fsp3) is 0.625. The summed E-state index contributed by atoms with van der Waals surface area (Å²) in [5.41, 5.74) is 0.0436. The minimum atomic E-state index is -2.86. The van der Waals surface area contributed by atoms with Crippen molar-refractivity contribution in [3.05, 3.63) is 28.8 Å². The second-order valence-corrected chi connectivity index (χ2v) is 6.29. The molecular weight excluding hydrogens is 312 g/mol. The molecule has 3 nitrogen and oxygen atoms in total. The topological polar surface area (TPSA) is 32.7 Å². The van der Waals surface area contributed by atoms with E-state index in [4.69, 9.17) is 11.6 Å². The maximum atomic E-state index is 12.6. The van der Waals surface area contributed by atoms with Crippen molar-refractivity contribution in [3.63, 3.8) is 0 Å². The number of nitrogens with zero attached hydrogens (tertiary/aromatic N) is 1. The lowest BCUT2D eigenvalue weighted by Crippen LogP contribution is -2.44. The van der Waals surface area contributed by atoms with E-state index in [1.807, 2.05) is 13.8 Å². The predicted molar refractivity (Wildman–Crippen MR) is 82.5 cm³/mol. The lowest BCUT2D eigenvalue weighted by atomic mass is 9.88. The van der Waals surface area contributed by atoms with Gasteiger partial charge in [-0.2, -0.15) is 8.78 Å². The van der Waals surface area contributed by atoms with Gasteiger partial charge in [0.2, 0.25) is 0 Å². The summed E-state index contributed by atoms with van der Waals surface area (Å²) < 4.78 is 29.7. The van der Waals surface area contributed by atoms with Gasteiger partial charge < -0.3 is 9.84 Å². The Labute approximate surface area is 134 Å². The van der Waals surface area contributed by atoms with Crippen LogP contribution >= 0.6 is 11.6 Å². The normalized spacial score (nSPS) is 20.1. The van der Waals surface area contributed by atoms with Gasteiger partial charge in [0.25, 0.3) is 0 Å². The van der Waals surface area contributed by atoms with Gasteiger partial charge in [0.15, 0.2) is 0 Å². The Kier molecular flexibility index (Phi) is 5.64. The molecule has 1 aliphatic rings. The number of piperidine rings is 1. The fourth-order valence-electron chi connectivity index (χ4n) is 2.93. The van der Waals surface area contributed by atoms with Crippen molar-refractivity contribution in [1.29, 1.82) is 0 Å². The molecule has 1 N–H and O–H groups in total. The Morgan fingerprint density at radius 2 is 2.00 bits per heavy atom. The molecule has 1 heterocycles. The molecule has 6 heteroatoms. The van der Waals surface area contributed by atoms with Crippen molar-refractivity contribution in [2.45, 2.75) is 51.4 Å². The number of benzene rings is 1. The van der Waals surface area contributed by atoms with Crippen LogP contribution in [0, 0.1) is 0 Å². The Morgan fingerprint density at radius 3 is 2.55 bits per heavy atom. The van der Waals surface area contributed by atoms with E-state index in [0.29, 0.717) is 36.5 Å². The lowest BCUT2D eigenvalue weighted by Gasteiger charge is -2.40. The molecule has 1 saturated heterocycles. The molecule has 1 unspecified atom stereocenters. The van der Waals surface area contributed by atoms with Crippen molar-refractivity contribution in [3.8, 4) is 5.75 Å². The Hall–Kier alpha value is -0.910. The first-order chi connectivity index (χ1) is 10.3. The van der Waals surface area contributed by atoms with Crippen LogP contribution in [-0.2, 0) is 0 Å². The minimum absolute atomic E-state index is 0.103. The number of likely N-dealkylation sites (tertiary alicyclic amines) is 1. The summed E-state index contributed by atoms with van der Waals surface area (Å²) in [7, 11) is 0. The van der Waals surface area contributed by atoms with Crippen LogP contribution in [0.2, 0.25) is 5.02 Å². The molecular formula is C16H22ClF2NO2. The summed E-state index contributed by atoms with van der Waals surface area (Å²) in [5, 5.41) is 10.8. The highest BCUT2D eigenvalue weighted by Gasteiger charge is 2.33. The molecule has 0 spiro atoms. The SMILES string of the molecule is CCC1(O)CCN(C(C)c2cc(Cl)ccc2OC(F)F)CC1. The first-order valence-electron chi connectivity index (χ1n) is 7.55. The molecule has 0 radical (unpaired) electrons. The minimum Gasteiger partial charge on any atom is -0.434 e. The fourth-order valence-corrected chi connectivity index (χ4v) is 3.11. The number of ether oxygens (including phenoxy) is 1. The molecule has 1 atom stereocenters. The van der Waals surface area contributed by atoms with Gasteiger partial charge >= 0.3 is 6.61 Å². The van der Waals surface area contributed by atoms with Crippen LogP contribution in [0.1, 0.15) is 44.7 Å². The number of aliphatic hydroxyl groups is 1. The van der Waals surface area contributed by atoms with E-state index >= 15 is 0 Å². The highest BCUT2D eigenvalue weighted by molar-refractivity contribution is 6.30. The van der Waals surface area contributed by atoms with E-state index in [-0.39, 0.29) is 11.8 Å². The maximum absolute atomic E-state index is 12.6. The molecule has 0 aromatic heterocycles. The highest BCUT2D eigenvalue weighted by atomic mass is 35.5. The lowest BCUT2D eigenvalue weighted by molar-refractivity contribution is -0.0524. The number of alkyl halides is 2. The van der Waals surface area contributed by atoms with Crippen molar-refractivity contribution < 1.29 is 18.6 Å². The molecule has 0 amide bonds. The summed E-state index contributed by atoms with van der Waals surface area (Å²) in [5.74, 6) is 0.156. The van der Waals surface area contributed by atoms with Gasteiger partial charge in [-0.1, -0.05) is 18.5 Å². The van der Waals surface area contributed by atoms with E-state index < -0.39 is 12.2 Å². The number of halogens is 3. The zero-order chi connectivity index (χ0) is 16.3. The molecule has 1 aliphatic heterocycles. The van der Waals surface area contributed by atoms with Crippen LogP contribution in [0.5, 0.6) is 5.75 Å². The second-order valence-electron chi connectivity index (χ2n) is 5.85. The highest BCUT2D eigenvalue weighted by Crippen LogP contribution is 2.36. The van der Waals surface area contributed by atoms with Gasteiger partial charge in [-0.15, -0.1) is 0 Å². The van der Waals surface area contributed by atoms with Crippen LogP contribution < -0.4 is 4.74 Å². The summed E-state index contributed by atoms with van der Waals surface area (Å²) in [4.78, 5) is 2.16. The molecule has 1 aromatic carbocycles.